The van der Waals surface area contributed by atoms with Gasteiger partial charge < -0.3 is 23.8 Å². The molecule has 1 aliphatic heterocycles. The van der Waals surface area contributed by atoms with Crippen LogP contribution in [-0.4, -0.2) is 56.8 Å². The van der Waals surface area contributed by atoms with E-state index in [-0.39, 0.29) is 23.8 Å². The molecule has 2 aromatic carbocycles. The number of aryl methyl sites for hydroxylation is 2. The quantitative estimate of drug-likeness (QED) is 0.277. The Hall–Kier alpha value is -3.83. The number of nitrogens with zero attached hydrogens (tertiary/aromatic N) is 2. The highest BCUT2D eigenvalue weighted by Crippen LogP contribution is 2.29. The van der Waals surface area contributed by atoms with Crippen molar-refractivity contribution in [2.24, 2.45) is 0 Å². The lowest BCUT2D eigenvalue weighted by Gasteiger charge is -2.26. The minimum Gasteiger partial charge on any atom is -0.493 e. The van der Waals surface area contributed by atoms with Crippen LogP contribution in [0.15, 0.2) is 42.0 Å². The lowest BCUT2D eigenvalue weighted by molar-refractivity contribution is -0.136. The number of hydrogen-bond donors (Lipinski definition) is 0. The van der Waals surface area contributed by atoms with E-state index in [0.29, 0.717) is 43.4 Å². The number of para-hydroxylation sites is 1. The molecule has 0 bridgehead atoms. The molecule has 1 amide bonds. The van der Waals surface area contributed by atoms with Gasteiger partial charge in [0, 0.05) is 13.1 Å². The molecule has 1 fully saturated rings. The highest BCUT2D eigenvalue weighted by atomic mass is 16.6. The molecule has 8 nitrogen and oxygen atoms in total. The number of carbonyl (C=O) groups excluding carboxylic acids is 2. The van der Waals surface area contributed by atoms with E-state index < -0.39 is 5.97 Å². The number of hydrogen-bond acceptors (Lipinski definition) is 7. The maximum absolute atomic E-state index is 12.6. The van der Waals surface area contributed by atoms with Gasteiger partial charge in [-0.05, 0) is 48.7 Å². The second-order valence-corrected chi connectivity index (χ2v) is 7.47. The van der Waals surface area contributed by atoms with Crippen LogP contribution in [0.1, 0.15) is 16.7 Å². The van der Waals surface area contributed by atoms with Crippen molar-refractivity contribution in [2.75, 3.05) is 40.0 Å². The molecule has 2 aromatic rings. The van der Waals surface area contributed by atoms with E-state index in [4.69, 9.17) is 18.9 Å². The van der Waals surface area contributed by atoms with Crippen molar-refractivity contribution < 1.29 is 28.5 Å². The molecular weight excluding hydrogens is 424 g/mol. The van der Waals surface area contributed by atoms with E-state index in [9.17, 15) is 14.9 Å². The number of ether oxygens (including phenoxy) is 4. The van der Waals surface area contributed by atoms with Crippen molar-refractivity contribution in [3.05, 3.63) is 58.7 Å². The molecular formula is C25H26N2O6. The van der Waals surface area contributed by atoms with Gasteiger partial charge in [-0.2, -0.15) is 5.26 Å². The number of nitriles is 1. The number of benzene rings is 2. The van der Waals surface area contributed by atoms with Crippen LogP contribution < -0.4 is 14.2 Å². The number of rotatable bonds is 7. The fourth-order valence-electron chi connectivity index (χ4n) is 3.41. The summed E-state index contributed by atoms with van der Waals surface area (Å²) in [5, 5.41) is 9.47. The van der Waals surface area contributed by atoms with Crippen LogP contribution in [0.2, 0.25) is 0 Å². The molecule has 0 N–H and O–H groups in total. The van der Waals surface area contributed by atoms with Crippen molar-refractivity contribution >= 4 is 18.0 Å². The van der Waals surface area contributed by atoms with Crippen molar-refractivity contribution in [1.29, 1.82) is 5.26 Å². The Morgan fingerprint density at radius 1 is 1.12 bits per heavy atom. The van der Waals surface area contributed by atoms with Crippen molar-refractivity contribution in [3.8, 4) is 23.3 Å². The Bertz CT molecular complexity index is 1080. The maximum Gasteiger partial charge on any atom is 0.349 e. The highest BCUT2D eigenvalue weighted by Gasteiger charge is 2.21. The summed E-state index contributed by atoms with van der Waals surface area (Å²) >= 11 is 0. The lowest BCUT2D eigenvalue weighted by Crippen LogP contribution is -2.41. The molecule has 1 saturated heterocycles. The fourth-order valence-corrected chi connectivity index (χ4v) is 3.41. The summed E-state index contributed by atoms with van der Waals surface area (Å²) < 4.78 is 21.6. The van der Waals surface area contributed by atoms with Crippen LogP contribution in [0.5, 0.6) is 17.2 Å². The van der Waals surface area contributed by atoms with Crippen molar-refractivity contribution in [3.63, 3.8) is 0 Å². The van der Waals surface area contributed by atoms with E-state index in [1.165, 1.54) is 13.2 Å². The predicted molar refractivity (Wildman–Crippen MR) is 121 cm³/mol. The standard InChI is InChI=1S/C25H26N2O6/c1-17-5-4-6-18(2)24(17)32-16-23(28)33-21-8-7-19(14-22(21)30-3)13-20(15-26)25(29)27-9-11-31-12-10-27/h4-8,13-14H,9-12,16H2,1-3H3/b20-13+. The number of morpholine rings is 1. The van der Waals surface area contributed by atoms with Gasteiger partial charge in [0.05, 0.1) is 20.3 Å². The first-order valence-electron chi connectivity index (χ1n) is 10.5. The molecule has 33 heavy (non-hydrogen) atoms. The normalized spacial score (nSPS) is 13.8. The van der Waals surface area contributed by atoms with Crippen LogP contribution in [0.4, 0.5) is 0 Å². The largest absolute Gasteiger partial charge is 0.493 e. The Morgan fingerprint density at radius 2 is 1.82 bits per heavy atom. The maximum atomic E-state index is 12.6. The molecule has 172 valence electrons. The van der Waals surface area contributed by atoms with Gasteiger partial charge in [-0.25, -0.2) is 4.79 Å². The topological polar surface area (TPSA) is 98.1 Å². The van der Waals surface area contributed by atoms with Gasteiger partial charge in [-0.3, -0.25) is 4.79 Å². The first kappa shape index (κ1) is 23.8. The molecule has 0 unspecified atom stereocenters. The van der Waals surface area contributed by atoms with E-state index >= 15 is 0 Å². The number of methoxy groups -OCH3 is 1. The molecule has 0 radical (unpaired) electrons. The van der Waals surface area contributed by atoms with E-state index in [1.807, 2.05) is 38.1 Å². The van der Waals surface area contributed by atoms with Crippen LogP contribution in [-0.2, 0) is 14.3 Å². The molecule has 0 atom stereocenters. The average molecular weight is 450 g/mol. The highest BCUT2D eigenvalue weighted by molar-refractivity contribution is 6.01. The summed E-state index contributed by atoms with van der Waals surface area (Å²) in [4.78, 5) is 26.5. The molecule has 0 aliphatic carbocycles. The van der Waals surface area contributed by atoms with Crippen LogP contribution in [0.3, 0.4) is 0 Å². The zero-order valence-electron chi connectivity index (χ0n) is 18.9. The predicted octanol–water partition coefficient (Wildman–Crippen LogP) is 3.06. The number of carbonyl (C=O) groups is 2. The van der Waals surface area contributed by atoms with E-state index in [2.05, 4.69) is 0 Å². The number of esters is 1. The second-order valence-electron chi connectivity index (χ2n) is 7.47. The second kappa shape index (κ2) is 11.2. The first-order chi connectivity index (χ1) is 15.9. The molecule has 1 heterocycles. The first-order valence-corrected chi connectivity index (χ1v) is 10.5. The fraction of sp³-hybridized carbons (Fsp3) is 0.320. The van der Waals surface area contributed by atoms with Gasteiger partial charge in [0.25, 0.3) is 5.91 Å². The summed E-state index contributed by atoms with van der Waals surface area (Å²) in [7, 11) is 1.44. The minimum absolute atomic E-state index is 0.00528. The molecule has 3 rings (SSSR count). The molecule has 0 aromatic heterocycles. The third kappa shape index (κ3) is 6.11. The van der Waals surface area contributed by atoms with Crippen LogP contribution in [0.25, 0.3) is 6.08 Å². The minimum atomic E-state index is -0.584. The van der Waals surface area contributed by atoms with Gasteiger partial charge in [-0.15, -0.1) is 0 Å². The van der Waals surface area contributed by atoms with Gasteiger partial charge in [0.2, 0.25) is 0 Å². The summed E-state index contributed by atoms with van der Waals surface area (Å²) in [6.07, 6.45) is 1.48. The molecule has 0 spiro atoms. The summed E-state index contributed by atoms with van der Waals surface area (Å²) in [5.74, 6) is 0.220. The average Bonchev–Trinajstić information content (AvgIpc) is 2.83. The Balaban J connectivity index is 1.69. The van der Waals surface area contributed by atoms with Gasteiger partial charge >= 0.3 is 5.97 Å². The SMILES string of the molecule is COc1cc(/C=C(\C#N)C(=O)N2CCOCC2)ccc1OC(=O)COc1c(C)cccc1C. The molecule has 8 heteroatoms. The van der Waals surface area contributed by atoms with Crippen LogP contribution in [0, 0.1) is 25.2 Å². The Labute approximate surface area is 192 Å². The monoisotopic (exact) mass is 450 g/mol. The summed E-state index contributed by atoms with van der Waals surface area (Å²) in [6.45, 7) is 5.34. The molecule has 0 saturated carbocycles. The van der Waals surface area contributed by atoms with Crippen LogP contribution >= 0.6 is 0 Å². The Morgan fingerprint density at radius 3 is 2.45 bits per heavy atom. The lowest BCUT2D eigenvalue weighted by atomic mass is 10.1. The summed E-state index contributed by atoms with van der Waals surface area (Å²) in [5.41, 5.74) is 2.43. The smallest absolute Gasteiger partial charge is 0.349 e. The van der Waals surface area contributed by atoms with E-state index in [1.54, 1.807) is 23.1 Å². The summed E-state index contributed by atoms with van der Waals surface area (Å²) in [6, 6.07) is 12.5. The van der Waals surface area contributed by atoms with Gasteiger partial charge in [0.15, 0.2) is 18.1 Å². The number of amides is 1. The molecule has 1 aliphatic rings. The third-order valence-electron chi connectivity index (χ3n) is 5.11. The third-order valence-corrected chi connectivity index (χ3v) is 5.11. The van der Waals surface area contributed by atoms with E-state index in [0.717, 1.165) is 11.1 Å². The van der Waals surface area contributed by atoms with Gasteiger partial charge in [-0.1, -0.05) is 24.3 Å². The van der Waals surface area contributed by atoms with Gasteiger partial charge in [0.1, 0.15) is 17.4 Å². The van der Waals surface area contributed by atoms with Crippen molar-refractivity contribution in [2.45, 2.75) is 13.8 Å². The zero-order chi connectivity index (χ0) is 23.8. The Kier molecular flexibility index (Phi) is 8.06. The van der Waals surface area contributed by atoms with Crippen molar-refractivity contribution in [1.82, 2.24) is 4.90 Å². The zero-order valence-corrected chi connectivity index (χ0v) is 18.9.